The summed E-state index contributed by atoms with van der Waals surface area (Å²) in [5.41, 5.74) is 4.89. The molecule has 1 aliphatic rings. The summed E-state index contributed by atoms with van der Waals surface area (Å²) in [5.74, 6) is -0.0781. The third kappa shape index (κ3) is 4.41. The van der Waals surface area contributed by atoms with E-state index in [1.807, 2.05) is 54.6 Å². The van der Waals surface area contributed by atoms with E-state index < -0.39 is 0 Å². The Hall–Kier alpha value is -3.11. The van der Waals surface area contributed by atoms with Crippen molar-refractivity contribution in [2.24, 2.45) is 0 Å². The van der Waals surface area contributed by atoms with E-state index >= 15 is 0 Å². The molecule has 4 rings (SSSR count). The fraction of sp³-hybridized carbons (Fsp3) is 0.208. The molecule has 0 spiro atoms. The summed E-state index contributed by atoms with van der Waals surface area (Å²) in [7, 11) is 0. The van der Waals surface area contributed by atoms with Crippen molar-refractivity contribution < 1.29 is 9.53 Å². The van der Waals surface area contributed by atoms with E-state index in [1.54, 1.807) is 0 Å². The molecule has 0 unspecified atom stereocenters. The zero-order valence-electron chi connectivity index (χ0n) is 15.8. The van der Waals surface area contributed by atoms with Gasteiger partial charge in [-0.15, -0.1) is 0 Å². The average molecular weight is 372 g/mol. The molecule has 0 atom stereocenters. The number of amides is 1. The van der Waals surface area contributed by atoms with Gasteiger partial charge in [0.15, 0.2) is 0 Å². The molecule has 0 aromatic heterocycles. The van der Waals surface area contributed by atoms with Gasteiger partial charge >= 0.3 is 0 Å². The number of hydrogen-bond donors (Lipinski definition) is 1. The van der Waals surface area contributed by atoms with Crippen LogP contribution in [0.2, 0.25) is 0 Å². The number of ether oxygens (including phenoxy) is 1. The van der Waals surface area contributed by atoms with Crippen molar-refractivity contribution >= 4 is 17.3 Å². The molecule has 0 saturated carbocycles. The predicted octanol–water partition coefficient (Wildman–Crippen LogP) is 4.37. The maximum atomic E-state index is 12.9. The molecule has 28 heavy (non-hydrogen) atoms. The molecule has 142 valence electrons. The maximum Gasteiger partial charge on any atom is 0.255 e. The lowest BCUT2D eigenvalue weighted by Gasteiger charge is -2.28. The van der Waals surface area contributed by atoms with Crippen molar-refractivity contribution in [1.82, 2.24) is 0 Å². The van der Waals surface area contributed by atoms with Crippen molar-refractivity contribution in [3.05, 3.63) is 95.6 Å². The molecule has 1 N–H and O–H groups in total. The van der Waals surface area contributed by atoms with Gasteiger partial charge in [0.2, 0.25) is 0 Å². The molecule has 1 fully saturated rings. The molecular weight excluding hydrogens is 348 g/mol. The maximum absolute atomic E-state index is 12.9. The summed E-state index contributed by atoms with van der Waals surface area (Å²) in [4.78, 5) is 15.2. The molecule has 1 saturated heterocycles. The fourth-order valence-corrected chi connectivity index (χ4v) is 3.49. The van der Waals surface area contributed by atoms with Crippen molar-refractivity contribution in [2.75, 3.05) is 36.5 Å². The summed E-state index contributed by atoms with van der Waals surface area (Å²) in [5, 5.41) is 3.03. The van der Waals surface area contributed by atoms with Crippen LogP contribution in [0, 0.1) is 0 Å². The second-order valence-corrected chi connectivity index (χ2v) is 6.92. The van der Waals surface area contributed by atoms with Crippen molar-refractivity contribution in [3.8, 4) is 0 Å². The molecule has 0 radical (unpaired) electrons. The van der Waals surface area contributed by atoms with Crippen LogP contribution in [0.1, 0.15) is 21.5 Å². The Labute approximate surface area is 165 Å². The number of benzene rings is 3. The van der Waals surface area contributed by atoms with Crippen LogP contribution in [-0.4, -0.2) is 32.2 Å². The molecule has 4 heteroatoms. The lowest BCUT2D eigenvalue weighted by molar-refractivity contribution is 0.102. The van der Waals surface area contributed by atoms with Gasteiger partial charge in [-0.05, 0) is 47.9 Å². The van der Waals surface area contributed by atoms with Gasteiger partial charge < -0.3 is 15.0 Å². The summed E-state index contributed by atoms with van der Waals surface area (Å²) in [6.07, 6.45) is 0.737. The molecule has 0 aliphatic carbocycles. The third-order valence-electron chi connectivity index (χ3n) is 5.00. The molecule has 3 aromatic rings. The van der Waals surface area contributed by atoms with Crippen LogP contribution >= 0.6 is 0 Å². The van der Waals surface area contributed by atoms with Crippen LogP contribution in [0.25, 0.3) is 0 Å². The fourth-order valence-electron chi connectivity index (χ4n) is 3.49. The molecule has 1 amide bonds. The van der Waals surface area contributed by atoms with Crippen LogP contribution in [0.4, 0.5) is 11.4 Å². The van der Waals surface area contributed by atoms with Crippen molar-refractivity contribution in [2.45, 2.75) is 6.42 Å². The Morgan fingerprint density at radius 3 is 2.29 bits per heavy atom. The van der Waals surface area contributed by atoms with Crippen LogP contribution in [0.3, 0.4) is 0 Å². The average Bonchev–Trinajstić information content (AvgIpc) is 2.76. The third-order valence-corrected chi connectivity index (χ3v) is 5.00. The first-order valence-electron chi connectivity index (χ1n) is 9.65. The monoisotopic (exact) mass is 372 g/mol. The lowest BCUT2D eigenvalue weighted by atomic mass is 9.99. The first-order valence-corrected chi connectivity index (χ1v) is 9.65. The van der Waals surface area contributed by atoms with Crippen LogP contribution < -0.4 is 10.2 Å². The highest BCUT2D eigenvalue weighted by atomic mass is 16.5. The van der Waals surface area contributed by atoms with Gasteiger partial charge in [-0.2, -0.15) is 0 Å². The first-order chi connectivity index (χ1) is 13.8. The Kier molecular flexibility index (Phi) is 5.69. The van der Waals surface area contributed by atoms with Crippen molar-refractivity contribution in [3.63, 3.8) is 0 Å². The number of morpholine rings is 1. The summed E-state index contributed by atoms with van der Waals surface area (Å²) >= 11 is 0. The Morgan fingerprint density at radius 2 is 1.54 bits per heavy atom. The van der Waals surface area contributed by atoms with Gasteiger partial charge in [0.05, 0.1) is 13.2 Å². The second kappa shape index (κ2) is 8.72. The van der Waals surface area contributed by atoms with E-state index in [2.05, 4.69) is 34.5 Å². The molecule has 3 aromatic carbocycles. The van der Waals surface area contributed by atoms with Gasteiger partial charge in [0.1, 0.15) is 0 Å². The largest absolute Gasteiger partial charge is 0.378 e. The number of nitrogens with one attached hydrogen (secondary N) is 1. The minimum Gasteiger partial charge on any atom is -0.378 e. The van der Waals surface area contributed by atoms with E-state index in [1.165, 1.54) is 5.56 Å². The zero-order valence-corrected chi connectivity index (χ0v) is 15.8. The SMILES string of the molecule is O=C(Nc1ccc(N2CCOCC2)cc1)c1ccccc1Cc1ccccc1. The highest BCUT2D eigenvalue weighted by Crippen LogP contribution is 2.21. The standard InChI is InChI=1S/C24H24N2O2/c27-24(23-9-5-4-8-20(23)18-19-6-2-1-3-7-19)25-21-10-12-22(13-11-21)26-14-16-28-17-15-26/h1-13H,14-18H2,(H,25,27). The van der Waals surface area contributed by atoms with Gasteiger partial charge in [-0.3, -0.25) is 4.79 Å². The lowest BCUT2D eigenvalue weighted by Crippen LogP contribution is -2.36. The summed E-state index contributed by atoms with van der Waals surface area (Å²) in [6, 6.07) is 26.0. The minimum absolute atomic E-state index is 0.0781. The molecule has 4 nitrogen and oxygen atoms in total. The number of carbonyl (C=O) groups is 1. The highest BCUT2D eigenvalue weighted by molar-refractivity contribution is 6.05. The van der Waals surface area contributed by atoms with E-state index in [0.29, 0.717) is 5.56 Å². The number of carbonyl (C=O) groups excluding carboxylic acids is 1. The Morgan fingerprint density at radius 1 is 0.857 bits per heavy atom. The number of hydrogen-bond acceptors (Lipinski definition) is 3. The van der Waals surface area contributed by atoms with Crippen LogP contribution in [0.15, 0.2) is 78.9 Å². The van der Waals surface area contributed by atoms with E-state index in [-0.39, 0.29) is 5.91 Å². The molecular formula is C24H24N2O2. The van der Waals surface area contributed by atoms with Crippen LogP contribution in [-0.2, 0) is 11.2 Å². The Balaban J connectivity index is 1.46. The predicted molar refractivity (Wildman–Crippen MR) is 113 cm³/mol. The quantitative estimate of drug-likeness (QED) is 0.723. The normalized spacial score (nSPS) is 13.9. The minimum atomic E-state index is -0.0781. The number of anilines is 2. The smallest absolute Gasteiger partial charge is 0.255 e. The van der Waals surface area contributed by atoms with E-state index in [4.69, 9.17) is 4.74 Å². The molecule has 0 bridgehead atoms. The highest BCUT2D eigenvalue weighted by Gasteiger charge is 2.13. The van der Waals surface area contributed by atoms with Gasteiger partial charge in [-0.1, -0.05) is 48.5 Å². The van der Waals surface area contributed by atoms with Crippen LogP contribution in [0.5, 0.6) is 0 Å². The Bertz CT molecular complexity index is 917. The van der Waals surface area contributed by atoms with Gasteiger partial charge in [-0.25, -0.2) is 0 Å². The number of nitrogens with zero attached hydrogens (tertiary/aromatic N) is 1. The van der Waals surface area contributed by atoms with Gasteiger partial charge in [0.25, 0.3) is 5.91 Å². The number of rotatable bonds is 5. The summed E-state index contributed by atoms with van der Waals surface area (Å²) in [6.45, 7) is 3.32. The molecule has 1 heterocycles. The van der Waals surface area contributed by atoms with E-state index in [9.17, 15) is 4.79 Å². The summed E-state index contributed by atoms with van der Waals surface area (Å²) < 4.78 is 5.40. The topological polar surface area (TPSA) is 41.6 Å². The first kappa shape index (κ1) is 18.3. The second-order valence-electron chi connectivity index (χ2n) is 6.92. The van der Waals surface area contributed by atoms with Crippen molar-refractivity contribution in [1.29, 1.82) is 0 Å². The van der Waals surface area contributed by atoms with E-state index in [0.717, 1.165) is 49.7 Å². The zero-order chi connectivity index (χ0) is 19.2. The molecule has 1 aliphatic heterocycles. The van der Waals surface area contributed by atoms with Gasteiger partial charge in [0, 0.05) is 30.0 Å².